The van der Waals surface area contributed by atoms with E-state index in [9.17, 15) is 4.21 Å². The van der Waals surface area contributed by atoms with E-state index < -0.39 is 11.0 Å². The van der Waals surface area contributed by atoms with Crippen LogP contribution >= 0.6 is 11.6 Å². The van der Waals surface area contributed by atoms with Crippen LogP contribution in [0.4, 0.5) is 0 Å². The predicted molar refractivity (Wildman–Crippen MR) is 86.3 cm³/mol. The van der Waals surface area contributed by atoms with Gasteiger partial charge in [-0.15, -0.1) is 0 Å². The minimum atomic E-state index is -0.985. The number of hydrogen-bond donors (Lipinski definition) is 2. The highest BCUT2D eigenvalue weighted by molar-refractivity contribution is 7.82. The van der Waals surface area contributed by atoms with Crippen LogP contribution in [0.5, 0.6) is 0 Å². The lowest BCUT2D eigenvalue weighted by Crippen LogP contribution is -2.37. The van der Waals surface area contributed by atoms with Crippen molar-refractivity contribution in [3.63, 3.8) is 0 Å². The van der Waals surface area contributed by atoms with E-state index in [0.29, 0.717) is 11.7 Å². The number of rotatable bonds is 5. The molecule has 0 bridgehead atoms. The molecular formula is C15H23ClN2OS. The Morgan fingerprint density at radius 3 is 2.75 bits per heavy atom. The van der Waals surface area contributed by atoms with Crippen molar-refractivity contribution in [1.29, 1.82) is 0 Å². The van der Waals surface area contributed by atoms with Gasteiger partial charge in [0.15, 0.2) is 0 Å². The summed E-state index contributed by atoms with van der Waals surface area (Å²) in [5.74, 6) is 1.13. The van der Waals surface area contributed by atoms with Gasteiger partial charge in [0.05, 0.1) is 11.0 Å². The molecule has 0 amide bonds. The maximum atomic E-state index is 11.9. The van der Waals surface area contributed by atoms with Gasteiger partial charge < -0.3 is 5.32 Å². The highest BCUT2D eigenvalue weighted by atomic mass is 35.5. The number of halogens is 1. The lowest BCUT2D eigenvalue weighted by atomic mass is 9.86. The van der Waals surface area contributed by atoms with Gasteiger partial charge in [-0.2, -0.15) is 0 Å². The highest BCUT2D eigenvalue weighted by Crippen LogP contribution is 2.31. The van der Waals surface area contributed by atoms with Crippen molar-refractivity contribution in [1.82, 2.24) is 10.0 Å². The molecule has 20 heavy (non-hydrogen) atoms. The molecule has 1 aromatic rings. The van der Waals surface area contributed by atoms with Crippen LogP contribution in [0.1, 0.15) is 36.9 Å². The molecule has 3 nitrogen and oxygen atoms in total. The van der Waals surface area contributed by atoms with Gasteiger partial charge in [-0.1, -0.05) is 30.7 Å². The summed E-state index contributed by atoms with van der Waals surface area (Å²) in [5.41, 5.74) is 2.23. The van der Waals surface area contributed by atoms with Crippen LogP contribution in [0.2, 0.25) is 5.02 Å². The number of aryl methyl sites for hydroxylation is 1. The molecule has 0 spiro atoms. The molecule has 0 aromatic heterocycles. The van der Waals surface area contributed by atoms with E-state index in [2.05, 4.69) is 16.1 Å². The Labute approximate surface area is 129 Å². The molecular weight excluding hydrogens is 292 g/mol. The highest BCUT2D eigenvalue weighted by Gasteiger charge is 2.26. The third-order valence-corrected chi connectivity index (χ3v) is 5.38. The zero-order chi connectivity index (χ0) is 14.5. The molecule has 1 saturated heterocycles. The summed E-state index contributed by atoms with van der Waals surface area (Å²) in [7, 11) is -0.985. The molecule has 0 radical (unpaired) electrons. The number of nitrogens with one attached hydrogen (secondary N) is 2. The fourth-order valence-electron chi connectivity index (χ4n) is 2.64. The van der Waals surface area contributed by atoms with Crippen LogP contribution in [0.15, 0.2) is 18.2 Å². The third-order valence-electron chi connectivity index (χ3n) is 3.93. The van der Waals surface area contributed by atoms with Gasteiger partial charge in [-0.05, 0) is 56.0 Å². The Hall–Kier alpha value is -0.420. The fraction of sp³-hybridized carbons (Fsp3) is 0.600. The van der Waals surface area contributed by atoms with Crippen LogP contribution in [0, 0.1) is 12.8 Å². The first-order chi connectivity index (χ1) is 9.61. The molecule has 2 unspecified atom stereocenters. The maximum absolute atomic E-state index is 11.9. The average Bonchev–Trinajstić information content (AvgIpc) is 2.48. The first kappa shape index (κ1) is 16.0. The van der Waals surface area contributed by atoms with E-state index in [1.165, 1.54) is 0 Å². The molecule has 0 saturated carbocycles. The largest absolute Gasteiger partial charge is 0.317 e. The molecule has 2 atom stereocenters. The zero-order valence-electron chi connectivity index (χ0n) is 12.1. The van der Waals surface area contributed by atoms with Gasteiger partial charge in [0.2, 0.25) is 0 Å². The van der Waals surface area contributed by atoms with E-state index in [4.69, 9.17) is 11.6 Å². The van der Waals surface area contributed by atoms with Gasteiger partial charge in [0.25, 0.3) is 0 Å². The van der Waals surface area contributed by atoms with Gasteiger partial charge >= 0.3 is 0 Å². The number of benzene rings is 1. The molecule has 5 heteroatoms. The minimum Gasteiger partial charge on any atom is -0.317 e. The van der Waals surface area contributed by atoms with Gasteiger partial charge in [-0.25, -0.2) is 8.93 Å². The van der Waals surface area contributed by atoms with Crippen molar-refractivity contribution < 1.29 is 4.21 Å². The minimum absolute atomic E-state index is 0.121. The topological polar surface area (TPSA) is 41.1 Å². The lowest BCUT2D eigenvalue weighted by Gasteiger charge is -2.31. The van der Waals surface area contributed by atoms with Crippen molar-refractivity contribution in [2.45, 2.75) is 32.7 Å². The smallest absolute Gasteiger partial charge is 0.0918 e. The molecule has 2 rings (SSSR count). The summed E-state index contributed by atoms with van der Waals surface area (Å²) in [6.07, 6.45) is 2.20. The average molecular weight is 315 g/mol. The molecule has 1 aliphatic heterocycles. The van der Waals surface area contributed by atoms with E-state index in [1.54, 1.807) is 0 Å². The summed E-state index contributed by atoms with van der Waals surface area (Å²) in [5, 5.41) is 4.16. The van der Waals surface area contributed by atoms with E-state index >= 15 is 0 Å². The van der Waals surface area contributed by atoms with Gasteiger partial charge in [0.1, 0.15) is 0 Å². The zero-order valence-corrected chi connectivity index (χ0v) is 13.7. The van der Waals surface area contributed by atoms with E-state index in [0.717, 1.165) is 42.1 Å². The van der Waals surface area contributed by atoms with Gasteiger partial charge in [-0.3, -0.25) is 0 Å². The molecule has 112 valence electrons. The Bertz CT molecular complexity index is 475. The quantitative estimate of drug-likeness (QED) is 0.877. The molecule has 1 aromatic carbocycles. The standard InChI is InChI=1S/C15H23ClN2OS/c1-3-20(19)18-15(12-6-8-17-9-7-12)13-5-4-11(2)14(16)10-13/h4-5,10,12,15,17-18H,3,6-9H2,1-2H3. The summed E-state index contributed by atoms with van der Waals surface area (Å²) >= 11 is 6.25. The fourth-order valence-corrected chi connectivity index (χ4v) is 3.61. The summed E-state index contributed by atoms with van der Waals surface area (Å²) < 4.78 is 15.2. The van der Waals surface area contributed by atoms with Crippen molar-refractivity contribution in [2.24, 2.45) is 5.92 Å². The van der Waals surface area contributed by atoms with Crippen molar-refractivity contribution in [2.75, 3.05) is 18.8 Å². The molecule has 1 fully saturated rings. The second kappa shape index (κ2) is 7.55. The van der Waals surface area contributed by atoms with E-state index in [-0.39, 0.29) is 6.04 Å². The second-order valence-corrected chi connectivity index (χ2v) is 7.24. The SMILES string of the molecule is CCS(=O)NC(c1ccc(C)c(Cl)c1)C1CCNCC1. The van der Waals surface area contributed by atoms with Gasteiger partial charge in [0, 0.05) is 16.8 Å². The monoisotopic (exact) mass is 314 g/mol. The maximum Gasteiger partial charge on any atom is 0.0918 e. The van der Waals surface area contributed by atoms with Crippen LogP contribution < -0.4 is 10.0 Å². The third kappa shape index (κ3) is 4.04. The van der Waals surface area contributed by atoms with Crippen LogP contribution in [0.3, 0.4) is 0 Å². The van der Waals surface area contributed by atoms with Crippen LogP contribution in [-0.4, -0.2) is 23.1 Å². The molecule has 1 aliphatic rings. The summed E-state index contributed by atoms with van der Waals surface area (Å²) in [4.78, 5) is 0. The number of hydrogen-bond acceptors (Lipinski definition) is 2. The normalized spacial score (nSPS) is 19.8. The van der Waals surface area contributed by atoms with Crippen LogP contribution in [-0.2, 0) is 11.0 Å². The Balaban J connectivity index is 2.23. The molecule has 2 N–H and O–H groups in total. The Kier molecular flexibility index (Phi) is 6.02. The Morgan fingerprint density at radius 1 is 1.45 bits per heavy atom. The molecule has 1 heterocycles. The van der Waals surface area contributed by atoms with Crippen molar-refractivity contribution >= 4 is 22.6 Å². The molecule has 0 aliphatic carbocycles. The number of piperidine rings is 1. The first-order valence-corrected chi connectivity index (χ1v) is 8.92. The summed E-state index contributed by atoms with van der Waals surface area (Å²) in [6.45, 7) is 6.00. The summed E-state index contributed by atoms with van der Waals surface area (Å²) in [6, 6.07) is 6.29. The van der Waals surface area contributed by atoms with Crippen molar-refractivity contribution in [3.8, 4) is 0 Å². The second-order valence-electron chi connectivity index (χ2n) is 5.33. The lowest BCUT2D eigenvalue weighted by molar-refractivity contribution is 0.309. The van der Waals surface area contributed by atoms with Crippen molar-refractivity contribution in [3.05, 3.63) is 34.3 Å². The van der Waals surface area contributed by atoms with Crippen LogP contribution in [0.25, 0.3) is 0 Å². The van der Waals surface area contributed by atoms with E-state index in [1.807, 2.05) is 26.0 Å². The predicted octanol–water partition coefficient (Wildman–Crippen LogP) is 2.96. The first-order valence-electron chi connectivity index (χ1n) is 7.23. The Morgan fingerprint density at radius 2 is 2.15 bits per heavy atom.